The van der Waals surface area contributed by atoms with E-state index in [1.807, 2.05) is 6.92 Å². The molecule has 0 aliphatic rings. The number of carboxylic acids is 1. The summed E-state index contributed by atoms with van der Waals surface area (Å²) in [4.78, 5) is 19.4. The van der Waals surface area contributed by atoms with E-state index >= 15 is 0 Å². The number of carboxylic acid groups (broad SMARTS) is 1. The third kappa shape index (κ3) is 22.5. The van der Waals surface area contributed by atoms with Crippen molar-refractivity contribution in [2.24, 2.45) is 0 Å². The van der Waals surface area contributed by atoms with Crippen LogP contribution in [0, 0.1) is 0 Å². The van der Waals surface area contributed by atoms with Gasteiger partial charge in [0, 0.05) is 6.08 Å². The van der Waals surface area contributed by atoms with E-state index in [0.717, 1.165) is 18.6 Å². The molecule has 0 radical (unpaired) electrons. The van der Waals surface area contributed by atoms with Crippen LogP contribution in [0.5, 0.6) is 0 Å². The van der Waals surface area contributed by atoms with Crippen LogP contribution in [-0.4, -0.2) is 18.5 Å². The Bertz CT molecular complexity index is 189. The predicted molar refractivity (Wildman–Crippen MR) is 46.7 cm³/mol. The zero-order valence-electron chi connectivity index (χ0n) is 8.62. The monoisotopic (exact) mass is 208 g/mol. The van der Waals surface area contributed by atoms with Gasteiger partial charge < -0.3 is 14.6 Å². The van der Waals surface area contributed by atoms with E-state index in [-0.39, 0.29) is 35.5 Å². The number of rotatable bonds is 4. The van der Waals surface area contributed by atoms with Gasteiger partial charge in [-0.25, -0.2) is 4.79 Å². The first kappa shape index (κ1) is 19.1. The number of ether oxygens (including phenoxy) is 1. The Kier molecular flexibility index (Phi) is 20.3. The van der Waals surface area contributed by atoms with Crippen LogP contribution in [0.1, 0.15) is 13.3 Å². The standard InChI is InChI=1S/C6H10O2.C3H4O2.Na/c1-3-5-8-6(7)4-2;1-2-3(4)5;/h4H,2-3,5H2,1H3;2H,1H2,(H,4,5);/q;;+1/p-1. The second kappa shape index (κ2) is 14.9. The maximum Gasteiger partial charge on any atom is 1.00 e. The minimum atomic E-state index is -1.23. The van der Waals surface area contributed by atoms with Crippen LogP contribution in [0.2, 0.25) is 0 Å². The van der Waals surface area contributed by atoms with Gasteiger partial charge in [0.15, 0.2) is 0 Å². The maximum absolute atomic E-state index is 10.2. The summed E-state index contributed by atoms with van der Waals surface area (Å²) in [6.07, 6.45) is 2.75. The second-order valence-electron chi connectivity index (χ2n) is 1.89. The molecule has 0 aliphatic carbocycles. The van der Waals surface area contributed by atoms with Gasteiger partial charge in [0.1, 0.15) is 0 Å². The Hall–Kier alpha value is -0.580. The van der Waals surface area contributed by atoms with Crippen molar-refractivity contribution in [3.05, 3.63) is 25.3 Å². The molecule has 0 heterocycles. The first-order chi connectivity index (χ1) is 6.08. The van der Waals surface area contributed by atoms with E-state index in [1.54, 1.807) is 0 Å². The number of hydrogen-bond acceptors (Lipinski definition) is 4. The van der Waals surface area contributed by atoms with Crippen molar-refractivity contribution in [3.63, 3.8) is 0 Å². The van der Waals surface area contributed by atoms with Crippen LogP contribution in [0.4, 0.5) is 0 Å². The van der Waals surface area contributed by atoms with Gasteiger partial charge in [-0.05, 0) is 12.5 Å². The summed E-state index contributed by atoms with van der Waals surface area (Å²) in [5.74, 6) is -1.57. The van der Waals surface area contributed by atoms with Crippen LogP contribution in [0.15, 0.2) is 25.3 Å². The summed E-state index contributed by atoms with van der Waals surface area (Å²) < 4.78 is 4.58. The van der Waals surface area contributed by atoms with E-state index in [1.165, 1.54) is 0 Å². The Labute approximate surface area is 106 Å². The van der Waals surface area contributed by atoms with Gasteiger partial charge in [-0.1, -0.05) is 20.1 Å². The molecule has 0 atom stereocenters. The van der Waals surface area contributed by atoms with Crippen molar-refractivity contribution in [3.8, 4) is 0 Å². The first-order valence-corrected chi connectivity index (χ1v) is 3.71. The first-order valence-electron chi connectivity index (χ1n) is 3.71. The summed E-state index contributed by atoms with van der Waals surface area (Å²) in [6.45, 7) is 8.57. The van der Waals surface area contributed by atoms with Gasteiger partial charge in [-0.15, -0.1) is 0 Å². The molecule has 0 N–H and O–H groups in total. The second-order valence-corrected chi connectivity index (χ2v) is 1.89. The fourth-order valence-electron chi connectivity index (χ4n) is 0.262. The largest absolute Gasteiger partial charge is 1.00 e. The quantitative estimate of drug-likeness (QED) is 0.281. The number of carbonyl (C=O) groups is 2. The maximum atomic E-state index is 10.2. The molecule has 0 amide bonds. The molecular weight excluding hydrogens is 195 g/mol. The minimum Gasteiger partial charge on any atom is -0.545 e. The van der Waals surface area contributed by atoms with Crippen LogP contribution >= 0.6 is 0 Å². The SMILES string of the molecule is C=CC(=O)OCCC.C=CC(=O)[O-].[Na+]. The Morgan fingerprint density at radius 3 is 2.00 bits per heavy atom. The smallest absolute Gasteiger partial charge is 0.545 e. The topological polar surface area (TPSA) is 66.4 Å². The van der Waals surface area contributed by atoms with E-state index in [0.29, 0.717) is 6.61 Å². The molecule has 0 aromatic heterocycles. The molecule has 0 aromatic rings. The normalized spacial score (nSPS) is 6.93. The van der Waals surface area contributed by atoms with Crippen molar-refractivity contribution in [2.75, 3.05) is 6.61 Å². The van der Waals surface area contributed by atoms with Crippen LogP contribution < -0.4 is 34.7 Å². The number of hydrogen-bond donors (Lipinski definition) is 0. The summed E-state index contributed by atoms with van der Waals surface area (Å²) in [7, 11) is 0. The molecule has 0 saturated heterocycles. The third-order valence-corrected chi connectivity index (χ3v) is 0.782. The molecular formula is C9H13NaO4. The molecule has 0 bridgehead atoms. The molecule has 0 saturated carbocycles. The zero-order valence-corrected chi connectivity index (χ0v) is 10.6. The van der Waals surface area contributed by atoms with Crippen molar-refractivity contribution in [2.45, 2.75) is 13.3 Å². The average Bonchev–Trinajstić information content (AvgIpc) is 2.15. The van der Waals surface area contributed by atoms with Crippen LogP contribution in [0.25, 0.3) is 0 Å². The predicted octanol–water partition coefficient (Wildman–Crippen LogP) is -2.95. The molecule has 4 nitrogen and oxygen atoms in total. The van der Waals surface area contributed by atoms with E-state index < -0.39 is 5.97 Å². The van der Waals surface area contributed by atoms with Gasteiger partial charge >= 0.3 is 35.5 Å². The Balaban J connectivity index is -0.000000177. The van der Waals surface area contributed by atoms with Crippen LogP contribution in [-0.2, 0) is 14.3 Å². The van der Waals surface area contributed by atoms with Gasteiger partial charge in [-0.3, -0.25) is 0 Å². The van der Waals surface area contributed by atoms with Crippen molar-refractivity contribution < 1.29 is 49.0 Å². The van der Waals surface area contributed by atoms with Crippen LogP contribution in [0.3, 0.4) is 0 Å². The molecule has 0 rings (SSSR count). The van der Waals surface area contributed by atoms with E-state index in [2.05, 4.69) is 17.9 Å². The number of carbonyl (C=O) groups excluding carboxylic acids is 2. The molecule has 0 aliphatic heterocycles. The van der Waals surface area contributed by atoms with E-state index in [4.69, 9.17) is 9.90 Å². The molecule has 0 unspecified atom stereocenters. The van der Waals surface area contributed by atoms with Gasteiger partial charge in [0.05, 0.1) is 12.6 Å². The zero-order chi connectivity index (χ0) is 10.7. The Morgan fingerprint density at radius 2 is 1.79 bits per heavy atom. The summed E-state index contributed by atoms with van der Waals surface area (Å²) in [5.41, 5.74) is 0. The molecule has 0 aromatic carbocycles. The summed E-state index contributed by atoms with van der Waals surface area (Å²) in [6, 6.07) is 0. The van der Waals surface area contributed by atoms with Gasteiger partial charge in [-0.2, -0.15) is 0 Å². The number of aliphatic carboxylic acids is 1. The molecule has 5 heteroatoms. The van der Waals surface area contributed by atoms with Gasteiger partial charge in [0.25, 0.3) is 0 Å². The van der Waals surface area contributed by atoms with Crippen molar-refractivity contribution in [1.82, 2.24) is 0 Å². The molecule has 14 heavy (non-hydrogen) atoms. The number of esters is 1. The third-order valence-electron chi connectivity index (χ3n) is 0.782. The van der Waals surface area contributed by atoms with Crippen molar-refractivity contribution >= 4 is 11.9 Å². The summed E-state index contributed by atoms with van der Waals surface area (Å²) >= 11 is 0. The minimum absolute atomic E-state index is 0. The molecule has 74 valence electrons. The fraction of sp³-hybridized carbons (Fsp3) is 0.333. The van der Waals surface area contributed by atoms with Crippen molar-refractivity contribution in [1.29, 1.82) is 0 Å². The average molecular weight is 208 g/mol. The Morgan fingerprint density at radius 1 is 1.36 bits per heavy atom. The van der Waals surface area contributed by atoms with Gasteiger partial charge in [0.2, 0.25) is 0 Å². The summed E-state index contributed by atoms with van der Waals surface area (Å²) in [5, 5.41) is 9.14. The van der Waals surface area contributed by atoms with E-state index in [9.17, 15) is 4.79 Å². The molecule has 0 fully saturated rings. The molecule has 0 spiro atoms. The fourth-order valence-corrected chi connectivity index (χ4v) is 0.262.